The first-order valence-corrected chi connectivity index (χ1v) is 6.87. The summed E-state index contributed by atoms with van der Waals surface area (Å²) in [6.07, 6.45) is 3.30. The van der Waals surface area contributed by atoms with E-state index in [4.69, 9.17) is 5.26 Å². The third-order valence-electron chi connectivity index (χ3n) is 3.72. The monoisotopic (exact) mass is 273 g/mol. The van der Waals surface area contributed by atoms with Crippen molar-refractivity contribution in [2.45, 2.75) is 38.6 Å². The Labute approximate surface area is 118 Å². The van der Waals surface area contributed by atoms with Crippen LogP contribution < -0.4 is 5.32 Å². The van der Waals surface area contributed by atoms with Crippen LogP contribution in [-0.4, -0.2) is 22.3 Å². The summed E-state index contributed by atoms with van der Waals surface area (Å²) in [5.41, 5.74) is 1.73. The first kappa shape index (κ1) is 14.4. The second kappa shape index (κ2) is 6.40. The van der Waals surface area contributed by atoms with E-state index in [1.807, 2.05) is 19.1 Å². The summed E-state index contributed by atoms with van der Waals surface area (Å²) in [6, 6.07) is 8.51. The van der Waals surface area contributed by atoms with Gasteiger partial charge >= 0.3 is 6.03 Å². The highest BCUT2D eigenvalue weighted by Crippen LogP contribution is 2.27. The number of nitrogens with zero attached hydrogens (tertiary/aromatic N) is 2. The fraction of sp³-hybridized carbons (Fsp3) is 0.467. The molecule has 5 nitrogen and oxygen atoms in total. The molecule has 0 unspecified atom stereocenters. The Morgan fingerprint density at radius 3 is 2.65 bits per heavy atom. The molecule has 20 heavy (non-hydrogen) atoms. The van der Waals surface area contributed by atoms with Crippen molar-refractivity contribution in [2.24, 2.45) is 5.92 Å². The molecular formula is C15H19N3O2. The summed E-state index contributed by atoms with van der Waals surface area (Å²) in [4.78, 5) is 12.0. The predicted molar refractivity (Wildman–Crippen MR) is 75.2 cm³/mol. The number of nitrogens with one attached hydrogen (secondary N) is 1. The highest BCUT2D eigenvalue weighted by Gasteiger charge is 2.32. The van der Waals surface area contributed by atoms with Gasteiger partial charge in [0.05, 0.1) is 18.0 Å². The number of aryl methyl sites for hydroxylation is 1. The lowest BCUT2D eigenvalue weighted by Crippen LogP contribution is -2.45. The van der Waals surface area contributed by atoms with Crippen LogP contribution in [0.1, 0.15) is 31.2 Å². The fourth-order valence-electron chi connectivity index (χ4n) is 2.52. The topological polar surface area (TPSA) is 76.4 Å². The van der Waals surface area contributed by atoms with Crippen molar-refractivity contribution >= 4 is 11.7 Å². The van der Waals surface area contributed by atoms with Crippen LogP contribution in [0.5, 0.6) is 0 Å². The average molecular weight is 273 g/mol. The van der Waals surface area contributed by atoms with Crippen LogP contribution in [0.25, 0.3) is 0 Å². The van der Waals surface area contributed by atoms with E-state index in [1.165, 1.54) is 0 Å². The number of hydrogen-bond acceptors (Lipinski definition) is 3. The molecule has 1 saturated carbocycles. The Kier molecular flexibility index (Phi) is 4.59. The third kappa shape index (κ3) is 3.28. The van der Waals surface area contributed by atoms with Gasteiger partial charge < -0.3 is 5.32 Å². The van der Waals surface area contributed by atoms with Gasteiger partial charge in [0, 0.05) is 5.69 Å². The summed E-state index contributed by atoms with van der Waals surface area (Å²) < 4.78 is 0. The SMILES string of the molecule is Cc1ccc(NC(=O)N(O)[C@H]2CCCC[C@@H]2C#N)cc1. The van der Waals surface area contributed by atoms with Crippen molar-refractivity contribution in [3.8, 4) is 6.07 Å². The molecule has 1 aromatic rings. The standard InChI is InChI=1S/C15H19N3O2/c1-11-6-8-13(9-7-11)17-15(19)18(20)14-5-3-2-4-12(14)10-16/h6-9,12,14,20H,2-5H2,1H3,(H,17,19)/t12-,14+/m1/s1. The highest BCUT2D eigenvalue weighted by molar-refractivity contribution is 5.88. The summed E-state index contributed by atoms with van der Waals surface area (Å²) in [6.45, 7) is 1.96. The molecule has 5 heteroatoms. The number of benzene rings is 1. The molecule has 0 heterocycles. The number of urea groups is 1. The van der Waals surface area contributed by atoms with Crippen LogP contribution in [0.15, 0.2) is 24.3 Å². The van der Waals surface area contributed by atoms with Crippen LogP contribution in [0.3, 0.4) is 0 Å². The van der Waals surface area contributed by atoms with Gasteiger partial charge in [-0.25, -0.2) is 9.86 Å². The molecule has 2 rings (SSSR count). The first-order valence-electron chi connectivity index (χ1n) is 6.87. The maximum absolute atomic E-state index is 12.0. The first-order chi connectivity index (χ1) is 9.61. The molecule has 0 spiro atoms. The van der Waals surface area contributed by atoms with E-state index in [9.17, 15) is 10.0 Å². The summed E-state index contributed by atoms with van der Waals surface area (Å²) in [5.74, 6) is -0.294. The maximum atomic E-state index is 12.0. The van der Waals surface area contributed by atoms with Crippen LogP contribution in [-0.2, 0) is 0 Å². The van der Waals surface area contributed by atoms with Crippen LogP contribution in [0, 0.1) is 24.2 Å². The second-order valence-corrected chi connectivity index (χ2v) is 5.23. The Hall–Kier alpha value is -2.06. The molecule has 106 valence electrons. The summed E-state index contributed by atoms with van der Waals surface area (Å²) in [5, 5.41) is 22.4. The number of hydroxylamine groups is 2. The predicted octanol–water partition coefficient (Wildman–Crippen LogP) is 3.30. The Balaban J connectivity index is 2.01. The number of nitriles is 1. The van der Waals surface area contributed by atoms with Crippen LogP contribution >= 0.6 is 0 Å². The zero-order valence-electron chi connectivity index (χ0n) is 11.5. The molecule has 0 aliphatic heterocycles. The van der Waals surface area contributed by atoms with E-state index in [1.54, 1.807) is 12.1 Å². The van der Waals surface area contributed by atoms with Crippen molar-refractivity contribution in [1.82, 2.24) is 5.06 Å². The quantitative estimate of drug-likeness (QED) is 0.641. The van der Waals surface area contributed by atoms with Crippen LogP contribution in [0.4, 0.5) is 10.5 Å². The lowest BCUT2D eigenvalue weighted by atomic mass is 9.85. The van der Waals surface area contributed by atoms with Gasteiger partial charge in [-0.3, -0.25) is 5.21 Å². The van der Waals surface area contributed by atoms with E-state index in [2.05, 4.69) is 11.4 Å². The molecule has 1 aliphatic rings. The van der Waals surface area contributed by atoms with Gasteiger partial charge in [0.25, 0.3) is 0 Å². The molecule has 0 bridgehead atoms. The van der Waals surface area contributed by atoms with Crippen molar-refractivity contribution in [2.75, 3.05) is 5.32 Å². The Bertz CT molecular complexity index is 507. The Morgan fingerprint density at radius 1 is 1.35 bits per heavy atom. The number of anilines is 1. The molecule has 1 aromatic carbocycles. The van der Waals surface area contributed by atoms with Crippen molar-refractivity contribution in [3.05, 3.63) is 29.8 Å². The van der Waals surface area contributed by atoms with Crippen LogP contribution in [0.2, 0.25) is 0 Å². The van der Waals surface area contributed by atoms with E-state index in [0.717, 1.165) is 24.8 Å². The molecular weight excluding hydrogens is 254 g/mol. The van der Waals surface area contributed by atoms with E-state index in [0.29, 0.717) is 17.2 Å². The molecule has 0 radical (unpaired) electrons. The van der Waals surface area contributed by atoms with E-state index < -0.39 is 12.1 Å². The van der Waals surface area contributed by atoms with Gasteiger partial charge in [-0.2, -0.15) is 5.26 Å². The normalized spacial score (nSPS) is 21.9. The van der Waals surface area contributed by atoms with Gasteiger partial charge in [0.1, 0.15) is 0 Å². The highest BCUT2D eigenvalue weighted by atomic mass is 16.5. The van der Waals surface area contributed by atoms with Crippen molar-refractivity contribution < 1.29 is 10.0 Å². The van der Waals surface area contributed by atoms with Gasteiger partial charge in [-0.15, -0.1) is 0 Å². The molecule has 0 aromatic heterocycles. The number of carbonyl (C=O) groups excluding carboxylic acids is 1. The lowest BCUT2D eigenvalue weighted by molar-refractivity contribution is -0.0919. The smallest absolute Gasteiger partial charge is 0.306 e. The summed E-state index contributed by atoms with van der Waals surface area (Å²) >= 11 is 0. The van der Waals surface area contributed by atoms with Crippen molar-refractivity contribution in [1.29, 1.82) is 5.26 Å². The molecule has 1 fully saturated rings. The Morgan fingerprint density at radius 2 is 2.00 bits per heavy atom. The average Bonchev–Trinajstić information content (AvgIpc) is 2.48. The zero-order chi connectivity index (χ0) is 14.5. The maximum Gasteiger partial charge on any atom is 0.345 e. The second-order valence-electron chi connectivity index (χ2n) is 5.23. The number of rotatable bonds is 2. The fourth-order valence-corrected chi connectivity index (χ4v) is 2.52. The molecule has 1 aliphatic carbocycles. The molecule has 2 amide bonds. The number of carbonyl (C=O) groups is 1. The lowest BCUT2D eigenvalue weighted by Gasteiger charge is -2.32. The minimum absolute atomic E-state index is 0.294. The van der Waals surface area contributed by atoms with E-state index >= 15 is 0 Å². The number of amides is 2. The largest absolute Gasteiger partial charge is 0.345 e. The van der Waals surface area contributed by atoms with Gasteiger partial charge in [-0.1, -0.05) is 30.5 Å². The number of hydrogen-bond donors (Lipinski definition) is 2. The van der Waals surface area contributed by atoms with Gasteiger partial charge in [0.2, 0.25) is 0 Å². The van der Waals surface area contributed by atoms with Crippen molar-refractivity contribution in [3.63, 3.8) is 0 Å². The van der Waals surface area contributed by atoms with Gasteiger partial charge in [-0.05, 0) is 31.9 Å². The molecule has 2 atom stereocenters. The molecule has 0 saturated heterocycles. The minimum atomic E-state index is -0.582. The van der Waals surface area contributed by atoms with E-state index in [-0.39, 0.29) is 5.92 Å². The minimum Gasteiger partial charge on any atom is -0.306 e. The zero-order valence-corrected chi connectivity index (χ0v) is 11.5. The third-order valence-corrected chi connectivity index (χ3v) is 3.72. The molecule has 2 N–H and O–H groups in total. The summed E-state index contributed by atoms with van der Waals surface area (Å²) in [7, 11) is 0. The van der Waals surface area contributed by atoms with Gasteiger partial charge in [0.15, 0.2) is 0 Å².